The average molecular weight is 350 g/mol. The minimum atomic E-state index is -1.16. The Hall–Kier alpha value is -2.45. The molecule has 0 spiro atoms. The lowest BCUT2D eigenvalue weighted by Crippen LogP contribution is -2.33. The maximum atomic E-state index is 12.4. The van der Waals surface area contributed by atoms with Gasteiger partial charge < -0.3 is 19.9 Å². The molecule has 0 fully saturated rings. The summed E-state index contributed by atoms with van der Waals surface area (Å²) >= 11 is 1.19. The molecule has 2 aromatic rings. The molecule has 0 radical (unpaired) electrons. The molecule has 1 unspecified atom stereocenters. The van der Waals surface area contributed by atoms with Crippen molar-refractivity contribution in [1.82, 2.24) is 10.3 Å². The molecule has 8 heteroatoms. The second-order valence-electron chi connectivity index (χ2n) is 4.97. The fraction of sp³-hybridized carbons (Fsp3) is 0.312. The number of hydrogen-bond acceptors (Lipinski definition) is 6. The van der Waals surface area contributed by atoms with Crippen LogP contribution in [0.4, 0.5) is 0 Å². The zero-order valence-corrected chi connectivity index (χ0v) is 14.3. The number of nitrogens with zero attached hydrogens (tertiary/aromatic N) is 1. The van der Waals surface area contributed by atoms with Crippen molar-refractivity contribution in [2.45, 2.75) is 19.6 Å². The SMILES string of the molecule is COCc1nc(C)c(C(=O)NC(C(=O)O)c2ccc(OC)cc2)s1. The van der Waals surface area contributed by atoms with E-state index in [0.29, 0.717) is 33.5 Å². The minimum Gasteiger partial charge on any atom is -0.497 e. The fourth-order valence-electron chi connectivity index (χ4n) is 2.13. The maximum Gasteiger partial charge on any atom is 0.330 e. The van der Waals surface area contributed by atoms with Gasteiger partial charge in [-0.15, -0.1) is 11.3 Å². The first kappa shape index (κ1) is 17.9. The van der Waals surface area contributed by atoms with Crippen LogP contribution in [-0.2, 0) is 16.1 Å². The Kier molecular flexibility index (Phi) is 5.88. The molecule has 0 aliphatic rings. The number of carbonyl (C=O) groups excluding carboxylic acids is 1. The Morgan fingerprint density at radius 1 is 1.29 bits per heavy atom. The van der Waals surface area contributed by atoms with E-state index in [4.69, 9.17) is 9.47 Å². The number of nitrogens with one attached hydrogen (secondary N) is 1. The lowest BCUT2D eigenvalue weighted by Gasteiger charge is -2.15. The lowest BCUT2D eigenvalue weighted by atomic mass is 10.1. The van der Waals surface area contributed by atoms with E-state index in [1.54, 1.807) is 38.3 Å². The van der Waals surface area contributed by atoms with Crippen molar-refractivity contribution in [1.29, 1.82) is 0 Å². The molecular formula is C16H18N2O5S. The highest BCUT2D eigenvalue weighted by molar-refractivity contribution is 7.13. The van der Waals surface area contributed by atoms with Crippen LogP contribution >= 0.6 is 11.3 Å². The van der Waals surface area contributed by atoms with Crippen LogP contribution in [0.3, 0.4) is 0 Å². The molecule has 0 saturated heterocycles. The summed E-state index contributed by atoms with van der Waals surface area (Å²) in [7, 11) is 3.07. The van der Waals surface area contributed by atoms with Gasteiger partial charge in [0.2, 0.25) is 0 Å². The van der Waals surface area contributed by atoms with Crippen LogP contribution < -0.4 is 10.1 Å². The summed E-state index contributed by atoms with van der Waals surface area (Å²) in [5.41, 5.74) is 0.999. The van der Waals surface area contributed by atoms with Gasteiger partial charge in [-0.3, -0.25) is 4.79 Å². The quantitative estimate of drug-likeness (QED) is 0.794. The first-order valence-electron chi connectivity index (χ1n) is 7.09. The monoisotopic (exact) mass is 350 g/mol. The molecule has 1 aromatic heterocycles. The van der Waals surface area contributed by atoms with E-state index in [1.165, 1.54) is 18.4 Å². The van der Waals surface area contributed by atoms with Crippen molar-refractivity contribution in [2.24, 2.45) is 0 Å². The average Bonchev–Trinajstić information content (AvgIpc) is 2.93. The molecule has 0 aliphatic heterocycles. The molecule has 1 atom stereocenters. The van der Waals surface area contributed by atoms with Crippen LogP contribution in [-0.4, -0.2) is 36.2 Å². The van der Waals surface area contributed by atoms with Crippen molar-refractivity contribution < 1.29 is 24.2 Å². The van der Waals surface area contributed by atoms with Gasteiger partial charge in [-0.1, -0.05) is 12.1 Å². The van der Waals surface area contributed by atoms with Crippen LogP contribution in [0.1, 0.15) is 32.0 Å². The number of carbonyl (C=O) groups is 2. The number of thiazole rings is 1. The number of benzene rings is 1. The van der Waals surface area contributed by atoms with E-state index in [-0.39, 0.29) is 0 Å². The minimum absolute atomic E-state index is 0.305. The highest BCUT2D eigenvalue weighted by atomic mass is 32.1. The normalized spacial score (nSPS) is 11.8. The summed E-state index contributed by atoms with van der Waals surface area (Å²) in [6, 6.07) is 5.34. The third-order valence-electron chi connectivity index (χ3n) is 3.29. The number of carboxylic acids is 1. The van der Waals surface area contributed by atoms with Gasteiger partial charge in [0.1, 0.15) is 15.6 Å². The Morgan fingerprint density at radius 2 is 1.96 bits per heavy atom. The first-order valence-corrected chi connectivity index (χ1v) is 7.90. The zero-order chi connectivity index (χ0) is 17.7. The Bertz CT molecular complexity index is 727. The van der Waals surface area contributed by atoms with Crippen molar-refractivity contribution in [3.05, 3.63) is 45.4 Å². The van der Waals surface area contributed by atoms with Crippen molar-refractivity contribution >= 4 is 23.2 Å². The summed E-state index contributed by atoms with van der Waals surface area (Å²) in [5.74, 6) is -1.01. The second-order valence-corrected chi connectivity index (χ2v) is 6.06. The van der Waals surface area contributed by atoms with Gasteiger partial charge >= 0.3 is 5.97 Å². The lowest BCUT2D eigenvalue weighted by molar-refractivity contribution is -0.139. The summed E-state index contributed by atoms with van der Waals surface area (Å²) in [6.07, 6.45) is 0. The number of rotatable bonds is 7. The van der Waals surface area contributed by atoms with Gasteiger partial charge in [-0.2, -0.15) is 0 Å². The van der Waals surface area contributed by atoms with Crippen LogP contribution in [0.2, 0.25) is 0 Å². The summed E-state index contributed by atoms with van der Waals surface area (Å²) in [6.45, 7) is 2.01. The van der Waals surface area contributed by atoms with Crippen LogP contribution in [0.15, 0.2) is 24.3 Å². The van der Waals surface area contributed by atoms with Gasteiger partial charge in [-0.25, -0.2) is 9.78 Å². The predicted octanol–water partition coefficient (Wildman–Crippen LogP) is 2.16. The first-order chi connectivity index (χ1) is 11.5. The fourth-order valence-corrected chi connectivity index (χ4v) is 3.07. The number of aryl methyl sites for hydroxylation is 1. The van der Waals surface area contributed by atoms with Crippen LogP contribution in [0.25, 0.3) is 0 Å². The van der Waals surface area contributed by atoms with E-state index in [9.17, 15) is 14.7 Å². The molecule has 0 saturated carbocycles. The molecule has 1 heterocycles. The van der Waals surface area contributed by atoms with Crippen LogP contribution in [0.5, 0.6) is 5.75 Å². The molecule has 1 aromatic carbocycles. The number of hydrogen-bond donors (Lipinski definition) is 2. The molecule has 0 aliphatic carbocycles. The smallest absolute Gasteiger partial charge is 0.330 e. The molecule has 24 heavy (non-hydrogen) atoms. The summed E-state index contributed by atoms with van der Waals surface area (Å²) in [4.78, 5) is 28.6. The van der Waals surface area contributed by atoms with Gasteiger partial charge in [0, 0.05) is 7.11 Å². The topological polar surface area (TPSA) is 97.8 Å². The molecule has 1 amide bonds. The third kappa shape index (κ3) is 4.09. The molecule has 128 valence electrons. The Balaban J connectivity index is 2.20. The summed E-state index contributed by atoms with van der Waals surface area (Å²) in [5, 5.41) is 12.6. The number of methoxy groups -OCH3 is 2. The van der Waals surface area contributed by atoms with E-state index in [1.807, 2.05) is 0 Å². The van der Waals surface area contributed by atoms with Gasteiger partial charge in [0.15, 0.2) is 6.04 Å². The van der Waals surface area contributed by atoms with E-state index in [0.717, 1.165) is 0 Å². The number of amides is 1. The molecule has 2 N–H and O–H groups in total. The highest BCUT2D eigenvalue weighted by Gasteiger charge is 2.25. The number of aromatic nitrogens is 1. The number of aliphatic carboxylic acids is 1. The van der Waals surface area contributed by atoms with E-state index < -0.39 is 17.9 Å². The Labute approximate surface area is 143 Å². The van der Waals surface area contributed by atoms with Crippen molar-refractivity contribution in [3.8, 4) is 5.75 Å². The van der Waals surface area contributed by atoms with E-state index in [2.05, 4.69) is 10.3 Å². The predicted molar refractivity (Wildman–Crippen MR) is 88.4 cm³/mol. The van der Waals surface area contributed by atoms with Gasteiger partial charge in [0.25, 0.3) is 5.91 Å². The van der Waals surface area contributed by atoms with Crippen molar-refractivity contribution in [3.63, 3.8) is 0 Å². The third-order valence-corrected chi connectivity index (χ3v) is 4.42. The molecule has 7 nitrogen and oxygen atoms in total. The largest absolute Gasteiger partial charge is 0.497 e. The zero-order valence-electron chi connectivity index (χ0n) is 13.5. The van der Waals surface area contributed by atoms with Crippen molar-refractivity contribution in [2.75, 3.05) is 14.2 Å². The standard InChI is InChI=1S/C16H18N2O5S/c1-9-14(24-12(17-9)8-22-2)15(19)18-13(16(20)21)10-4-6-11(23-3)7-5-10/h4-7,13H,8H2,1-3H3,(H,18,19)(H,20,21). The molecule has 2 rings (SSSR count). The molecule has 0 bridgehead atoms. The van der Waals surface area contributed by atoms with Crippen LogP contribution in [0, 0.1) is 6.92 Å². The molecular weight excluding hydrogens is 332 g/mol. The second kappa shape index (κ2) is 7.89. The summed E-state index contributed by atoms with van der Waals surface area (Å²) < 4.78 is 10.0. The van der Waals surface area contributed by atoms with Gasteiger partial charge in [-0.05, 0) is 24.6 Å². The maximum absolute atomic E-state index is 12.4. The van der Waals surface area contributed by atoms with Gasteiger partial charge in [0.05, 0.1) is 19.4 Å². The highest BCUT2D eigenvalue weighted by Crippen LogP contribution is 2.22. The Morgan fingerprint density at radius 3 is 2.50 bits per heavy atom. The number of ether oxygens (including phenoxy) is 2. The number of carboxylic acid groups (broad SMARTS) is 1. The van der Waals surface area contributed by atoms with E-state index >= 15 is 0 Å².